The topological polar surface area (TPSA) is 68.2 Å². The van der Waals surface area contributed by atoms with Crippen LogP contribution in [0.15, 0.2) is 18.7 Å². The summed E-state index contributed by atoms with van der Waals surface area (Å²) >= 11 is 0. The van der Waals surface area contributed by atoms with Gasteiger partial charge in [-0.05, 0) is 6.42 Å². The summed E-state index contributed by atoms with van der Waals surface area (Å²) in [5, 5.41) is 5.83. The Labute approximate surface area is 101 Å². The van der Waals surface area contributed by atoms with E-state index in [4.69, 9.17) is 4.74 Å². The third-order valence-electron chi connectivity index (χ3n) is 2.24. The van der Waals surface area contributed by atoms with E-state index in [0.717, 1.165) is 13.0 Å². The summed E-state index contributed by atoms with van der Waals surface area (Å²) in [5.41, 5.74) is 0. The molecule has 0 bridgehead atoms. The average Bonchev–Trinajstić information content (AvgIpc) is 2.83. The van der Waals surface area contributed by atoms with Crippen LogP contribution in [0.25, 0.3) is 0 Å². The minimum atomic E-state index is 0.0201. The Morgan fingerprint density at radius 1 is 1.47 bits per heavy atom. The number of ether oxygens (including phenoxy) is 1. The van der Waals surface area contributed by atoms with Crippen LogP contribution in [-0.4, -0.2) is 48.8 Å². The van der Waals surface area contributed by atoms with Gasteiger partial charge in [0.25, 0.3) is 0 Å². The first-order valence-corrected chi connectivity index (χ1v) is 5.75. The van der Waals surface area contributed by atoms with Gasteiger partial charge in [-0.3, -0.25) is 4.79 Å². The van der Waals surface area contributed by atoms with Gasteiger partial charge in [0.1, 0.15) is 0 Å². The number of amides is 1. The monoisotopic (exact) mass is 240 g/mol. The van der Waals surface area contributed by atoms with E-state index >= 15 is 0 Å². The second-order valence-electron chi connectivity index (χ2n) is 3.67. The van der Waals surface area contributed by atoms with Crippen LogP contribution >= 0.6 is 0 Å². The third-order valence-corrected chi connectivity index (χ3v) is 2.24. The van der Waals surface area contributed by atoms with E-state index in [9.17, 15) is 4.79 Å². The molecule has 0 aliphatic rings. The van der Waals surface area contributed by atoms with Gasteiger partial charge in [0.2, 0.25) is 5.91 Å². The highest BCUT2D eigenvalue weighted by atomic mass is 16.5. The van der Waals surface area contributed by atoms with E-state index in [1.807, 2.05) is 10.8 Å². The lowest BCUT2D eigenvalue weighted by molar-refractivity contribution is -0.120. The number of aromatic nitrogens is 2. The Morgan fingerprint density at radius 2 is 2.35 bits per heavy atom. The smallest absolute Gasteiger partial charge is 0.233 e. The molecule has 1 aromatic rings. The quantitative estimate of drug-likeness (QED) is 0.578. The predicted octanol–water partition coefficient (Wildman–Crippen LogP) is -0.375. The average molecular weight is 240 g/mol. The number of carbonyl (C=O) groups excluding carboxylic acids is 1. The van der Waals surface area contributed by atoms with Crippen LogP contribution in [0.1, 0.15) is 6.42 Å². The molecule has 0 spiro atoms. The van der Waals surface area contributed by atoms with E-state index in [1.54, 1.807) is 19.6 Å². The zero-order valence-electron chi connectivity index (χ0n) is 10.2. The molecule has 1 amide bonds. The fourth-order valence-corrected chi connectivity index (χ4v) is 1.35. The molecule has 0 atom stereocenters. The van der Waals surface area contributed by atoms with Crippen molar-refractivity contribution in [2.45, 2.75) is 13.0 Å². The summed E-state index contributed by atoms with van der Waals surface area (Å²) in [6.45, 7) is 3.21. The number of nitrogens with one attached hydrogen (secondary N) is 2. The highest BCUT2D eigenvalue weighted by molar-refractivity contribution is 5.77. The van der Waals surface area contributed by atoms with Gasteiger partial charge in [0, 0.05) is 39.1 Å². The maximum atomic E-state index is 11.3. The lowest BCUT2D eigenvalue weighted by Crippen LogP contribution is -2.35. The molecule has 6 heteroatoms. The number of hydrogen-bond donors (Lipinski definition) is 2. The van der Waals surface area contributed by atoms with E-state index < -0.39 is 0 Å². The zero-order valence-corrected chi connectivity index (χ0v) is 10.2. The van der Waals surface area contributed by atoms with Crippen molar-refractivity contribution >= 4 is 5.91 Å². The van der Waals surface area contributed by atoms with Crippen LogP contribution in [0.5, 0.6) is 0 Å². The summed E-state index contributed by atoms with van der Waals surface area (Å²) in [4.78, 5) is 15.3. The van der Waals surface area contributed by atoms with Crippen molar-refractivity contribution in [2.75, 3.05) is 33.4 Å². The zero-order chi connectivity index (χ0) is 12.3. The molecule has 0 saturated heterocycles. The summed E-state index contributed by atoms with van der Waals surface area (Å²) in [6, 6.07) is 0. The number of hydrogen-bond acceptors (Lipinski definition) is 4. The van der Waals surface area contributed by atoms with E-state index in [2.05, 4.69) is 15.6 Å². The Kier molecular flexibility index (Phi) is 7.01. The number of rotatable bonds is 9. The van der Waals surface area contributed by atoms with Gasteiger partial charge in [-0.25, -0.2) is 4.98 Å². The fourth-order valence-electron chi connectivity index (χ4n) is 1.35. The molecule has 0 aromatic carbocycles. The Morgan fingerprint density at radius 3 is 3.06 bits per heavy atom. The standard InChI is InChI=1S/C11H20N4O2/c1-17-8-5-12-9-11(16)14-3-2-6-15-7-4-13-10-15/h4,7,10,12H,2-3,5-6,8-9H2,1H3,(H,14,16). The summed E-state index contributed by atoms with van der Waals surface area (Å²) in [6.07, 6.45) is 6.33. The third kappa shape index (κ3) is 6.70. The molecular weight excluding hydrogens is 220 g/mol. The first-order chi connectivity index (χ1) is 8.33. The first-order valence-electron chi connectivity index (χ1n) is 5.75. The lowest BCUT2D eigenvalue weighted by atomic mass is 10.4. The van der Waals surface area contributed by atoms with Gasteiger partial charge in [-0.2, -0.15) is 0 Å². The molecule has 96 valence electrons. The van der Waals surface area contributed by atoms with Gasteiger partial charge < -0.3 is 19.9 Å². The summed E-state index contributed by atoms with van der Waals surface area (Å²) in [5.74, 6) is 0.0201. The largest absolute Gasteiger partial charge is 0.383 e. The SMILES string of the molecule is COCCNCC(=O)NCCCn1ccnc1. The Hall–Kier alpha value is -1.40. The predicted molar refractivity (Wildman–Crippen MR) is 64.6 cm³/mol. The minimum absolute atomic E-state index is 0.0201. The number of imidazole rings is 1. The van der Waals surface area contributed by atoms with Gasteiger partial charge in [-0.15, -0.1) is 0 Å². The Balaban J connectivity index is 1.93. The number of carbonyl (C=O) groups is 1. The highest BCUT2D eigenvalue weighted by Gasteiger charge is 1.99. The number of nitrogens with zero attached hydrogens (tertiary/aromatic N) is 2. The molecule has 0 aliphatic carbocycles. The summed E-state index contributed by atoms with van der Waals surface area (Å²) < 4.78 is 6.85. The fraction of sp³-hybridized carbons (Fsp3) is 0.636. The highest BCUT2D eigenvalue weighted by Crippen LogP contribution is 1.88. The van der Waals surface area contributed by atoms with Gasteiger partial charge in [0.15, 0.2) is 0 Å². The number of aryl methyl sites for hydroxylation is 1. The molecule has 0 radical (unpaired) electrons. The maximum absolute atomic E-state index is 11.3. The van der Waals surface area contributed by atoms with Crippen LogP contribution < -0.4 is 10.6 Å². The van der Waals surface area contributed by atoms with Crippen molar-refractivity contribution in [3.63, 3.8) is 0 Å². The van der Waals surface area contributed by atoms with Crippen LogP contribution in [0.3, 0.4) is 0 Å². The molecule has 2 N–H and O–H groups in total. The van der Waals surface area contributed by atoms with Crippen LogP contribution in [0.2, 0.25) is 0 Å². The first kappa shape index (κ1) is 13.7. The van der Waals surface area contributed by atoms with Gasteiger partial charge >= 0.3 is 0 Å². The normalized spacial score (nSPS) is 10.4. The van der Waals surface area contributed by atoms with Crippen molar-refractivity contribution < 1.29 is 9.53 Å². The van der Waals surface area contributed by atoms with Crippen molar-refractivity contribution in [3.05, 3.63) is 18.7 Å². The van der Waals surface area contributed by atoms with Crippen molar-refractivity contribution in [1.82, 2.24) is 20.2 Å². The second-order valence-corrected chi connectivity index (χ2v) is 3.67. The molecule has 1 rings (SSSR count). The van der Waals surface area contributed by atoms with E-state index in [1.165, 1.54) is 0 Å². The van der Waals surface area contributed by atoms with E-state index in [0.29, 0.717) is 26.2 Å². The second kappa shape index (κ2) is 8.72. The van der Waals surface area contributed by atoms with Crippen molar-refractivity contribution in [2.24, 2.45) is 0 Å². The van der Waals surface area contributed by atoms with Gasteiger partial charge in [0.05, 0.1) is 19.5 Å². The van der Waals surface area contributed by atoms with Crippen molar-refractivity contribution in [1.29, 1.82) is 0 Å². The van der Waals surface area contributed by atoms with Crippen molar-refractivity contribution in [3.8, 4) is 0 Å². The summed E-state index contributed by atoms with van der Waals surface area (Å²) in [7, 11) is 1.64. The molecule has 17 heavy (non-hydrogen) atoms. The maximum Gasteiger partial charge on any atom is 0.233 e. The van der Waals surface area contributed by atoms with E-state index in [-0.39, 0.29) is 5.91 Å². The van der Waals surface area contributed by atoms with Gasteiger partial charge in [-0.1, -0.05) is 0 Å². The van der Waals surface area contributed by atoms with Crippen LogP contribution in [-0.2, 0) is 16.1 Å². The molecule has 0 unspecified atom stereocenters. The lowest BCUT2D eigenvalue weighted by Gasteiger charge is -2.06. The minimum Gasteiger partial charge on any atom is -0.383 e. The Bertz CT molecular complexity index is 300. The molecule has 1 aromatic heterocycles. The molecular formula is C11H20N4O2. The molecule has 0 saturated carbocycles. The molecule has 1 heterocycles. The molecule has 0 fully saturated rings. The van der Waals surface area contributed by atoms with Crippen LogP contribution in [0, 0.1) is 0 Å². The van der Waals surface area contributed by atoms with Crippen LogP contribution in [0.4, 0.5) is 0 Å². The molecule has 0 aliphatic heterocycles. The number of methoxy groups -OCH3 is 1. The molecule has 6 nitrogen and oxygen atoms in total.